The highest BCUT2D eigenvalue weighted by atomic mass is 19.1. The molecule has 2 aromatic carbocycles. The molecule has 0 N–H and O–H groups in total. The Labute approximate surface area is 157 Å². The fraction of sp³-hybridized carbons (Fsp3) is 0.333. The lowest BCUT2D eigenvalue weighted by atomic mass is 9.77. The van der Waals surface area contributed by atoms with E-state index in [4.69, 9.17) is 9.47 Å². The molecule has 6 heteroatoms. The second-order valence-corrected chi connectivity index (χ2v) is 6.86. The van der Waals surface area contributed by atoms with E-state index in [1.807, 2.05) is 24.3 Å². The lowest BCUT2D eigenvalue weighted by Gasteiger charge is -2.29. The van der Waals surface area contributed by atoms with Crippen LogP contribution in [0.25, 0.3) is 0 Å². The molecular weight excluding hydrogens is 347 g/mol. The minimum absolute atomic E-state index is 0.0151. The van der Waals surface area contributed by atoms with E-state index in [9.17, 15) is 9.18 Å². The van der Waals surface area contributed by atoms with E-state index in [-0.39, 0.29) is 23.6 Å². The fourth-order valence-corrected chi connectivity index (χ4v) is 4.08. The number of hydrogen-bond donors (Lipinski definition) is 0. The molecular formula is C21H21FN2O3. The van der Waals surface area contributed by atoms with E-state index in [1.165, 1.54) is 30.7 Å². The second kappa shape index (κ2) is 6.68. The number of ether oxygens (including phenoxy) is 2. The maximum atomic E-state index is 14.3. The number of amides is 1. The minimum atomic E-state index is -0.440. The van der Waals surface area contributed by atoms with E-state index < -0.39 is 5.82 Å². The molecule has 2 aromatic rings. The molecule has 1 heterocycles. The Bertz CT molecular complexity index is 941. The normalized spacial score (nSPS) is 20.6. The zero-order chi connectivity index (χ0) is 19.1. The predicted octanol–water partition coefficient (Wildman–Crippen LogP) is 3.71. The van der Waals surface area contributed by atoms with E-state index in [1.54, 1.807) is 13.2 Å². The molecule has 2 aliphatic rings. The van der Waals surface area contributed by atoms with Crippen LogP contribution in [0.4, 0.5) is 4.39 Å². The van der Waals surface area contributed by atoms with Gasteiger partial charge in [0, 0.05) is 18.4 Å². The molecule has 1 aliphatic carbocycles. The first-order valence-electron chi connectivity index (χ1n) is 8.92. The van der Waals surface area contributed by atoms with E-state index in [2.05, 4.69) is 5.10 Å². The SMILES string of the molecule is COc1ccc2c(c1)C1=NN(C(C)=O)[C@@H](c3ccc(OC)c(F)c3)[C@H]1CC2. The Balaban J connectivity index is 1.79. The van der Waals surface area contributed by atoms with Crippen molar-refractivity contribution >= 4 is 11.6 Å². The Kier molecular flexibility index (Phi) is 4.34. The average molecular weight is 368 g/mol. The van der Waals surface area contributed by atoms with Crippen molar-refractivity contribution in [1.82, 2.24) is 5.01 Å². The first-order valence-corrected chi connectivity index (χ1v) is 8.92. The van der Waals surface area contributed by atoms with Gasteiger partial charge >= 0.3 is 0 Å². The number of carbonyl (C=O) groups excluding carboxylic acids is 1. The summed E-state index contributed by atoms with van der Waals surface area (Å²) >= 11 is 0. The van der Waals surface area contributed by atoms with Crippen molar-refractivity contribution in [2.24, 2.45) is 11.0 Å². The summed E-state index contributed by atoms with van der Waals surface area (Å²) in [7, 11) is 3.06. The summed E-state index contributed by atoms with van der Waals surface area (Å²) in [5, 5.41) is 6.13. The highest BCUT2D eigenvalue weighted by Gasteiger charge is 2.43. The van der Waals surface area contributed by atoms with Crippen LogP contribution in [0.1, 0.15) is 36.1 Å². The van der Waals surface area contributed by atoms with Gasteiger partial charge in [0.2, 0.25) is 5.91 Å². The summed E-state index contributed by atoms with van der Waals surface area (Å²) in [5.41, 5.74) is 3.79. The number of hydrogen-bond acceptors (Lipinski definition) is 4. The third-order valence-electron chi connectivity index (χ3n) is 5.37. The maximum absolute atomic E-state index is 14.3. The third kappa shape index (κ3) is 2.85. The summed E-state index contributed by atoms with van der Waals surface area (Å²) in [5.74, 6) is 0.352. The summed E-state index contributed by atoms with van der Waals surface area (Å²) in [6, 6.07) is 10.5. The highest BCUT2D eigenvalue weighted by Crippen LogP contribution is 2.44. The van der Waals surface area contributed by atoms with Crippen LogP contribution < -0.4 is 9.47 Å². The van der Waals surface area contributed by atoms with Gasteiger partial charge in [0.15, 0.2) is 11.6 Å². The molecule has 0 fully saturated rings. The predicted molar refractivity (Wildman–Crippen MR) is 99.6 cm³/mol. The van der Waals surface area contributed by atoms with Gasteiger partial charge in [0.05, 0.1) is 26.0 Å². The summed E-state index contributed by atoms with van der Waals surface area (Å²) in [6.07, 6.45) is 1.73. The Morgan fingerprint density at radius 3 is 2.67 bits per heavy atom. The quantitative estimate of drug-likeness (QED) is 0.830. The number of fused-ring (bicyclic) bond motifs is 3. The second-order valence-electron chi connectivity index (χ2n) is 6.86. The number of rotatable bonds is 3. The topological polar surface area (TPSA) is 51.1 Å². The van der Waals surface area contributed by atoms with Gasteiger partial charge in [0.25, 0.3) is 0 Å². The van der Waals surface area contributed by atoms with Crippen molar-refractivity contribution in [3.8, 4) is 11.5 Å². The van der Waals surface area contributed by atoms with E-state index in [0.717, 1.165) is 35.4 Å². The first-order chi connectivity index (χ1) is 13.0. The number of hydrazone groups is 1. The molecule has 140 valence electrons. The minimum Gasteiger partial charge on any atom is -0.497 e. The van der Waals surface area contributed by atoms with Crippen LogP contribution >= 0.6 is 0 Å². The van der Waals surface area contributed by atoms with Crippen LogP contribution in [-0.2, 0) is 11.2 Å². The van der Waals surface area contributed by atoms with Gasteiger partial charge in [-0.2, -0.15) is 5.10 Å². The molecule has 27 heavy (non-hydrogen) atoms. The van der Waals surface area contributed by atoms with E-state index >= 15 is 0 Å². The average Bonchev–Trinajstić information content (AvgIpc) is 3.07. The fourth-order valence-electron chi connectivity index (χ4n) is 4.08. The maximum Gasteiger partial charge on any atom is 0.240 e. The number of nitrogens with zero attached hydrogens (tertiary/aromatic N) is 2. The van der Waals surface area contributed by atoms with Crippen LogP contribution in [0, 0.1) is 11.7 Å². The zero-order valence-corrected chi connectivity index (χ0v) is 15.5. The smallest absolute Gasteiger partial charge is 0.240 e. The summed E-state index contributed by atoms with van der Waals surface area (Å²) < 4.78 is 24.7. The van der Waals surface area contributed by atoms with E-state index in [0.29, 0.717) is 0 Å². The van der Waals surface area contributed by atoms with Crippen molar-refractivity contribution < 1.29 is 18.7 Å². The van der Waals surface area contributed by atoms with Crippen molar-refractivity contribution in [1.29, 1.82) is 0 Å². The molecule has 0 bridgehead atoms. The molecule has 0 spiro atoms. The Hall–Kier alpha value is -2.89. The molecule has 0 saturated carbocycles. The molecule has 0 saturated heterocycles. The number of halogens is 1. The standard InChI is InChI=1S/C21H21FN2O3/c1-12(25)24-21(14-6-9-19(27-3)18(22)10-14)16-8-5-13-4-7-15(26-2)11-17(13)20(16)23-24/h4,6-7,9-11,16,21H,5,8H2,1-3H3/t16-,21-/m0/s1. The molecule has 1 amide bonds. The van der Waals surface area contributed by atoms with Crippen molar-refractivity contribution in [2.45, 2.75) is 25.8 Å². The highest BCUT2D eigenvalue weighted by molar-refractivity contribution is 6.07. The number of aryl methyl sites for hydroxylation is 1. The van der Waals surface area contributed by atoms with Crippen molar-refractivity contribution in [2.75, 3.05) is 14.2 Å². The van der Waals surface area contributed by atoms with Gasteiger partial charge in [-0.1, -0.05) is 12.1 Å². The van der Waals surface area contributed by atoms with Gasteiger partial charge < -0.3 is 9.47 Å². The van der Waals surface area contributed by atoms with Gasteiger partial charge in [0.1, 0.15) is 5.75 Å². The largest absolute Gasteiger partial charge is 0.497 e. The molecule has 1 aliphatic heterocycles. The number of methoxy groups -OCH3 is 2. The molecule has 4 rings (SSSR count). The van der Waals surface area contributed by atoms with Crippen molar-refractivity contribution in [3.63, 3.8) is 0 Å². The van der Waals surface area contributed by atoms with Crippen LogP contribution in [0.3, 0.4) is 0 Å². The van der Waals surface area contributed by atoms with Gasteiger partial charge in [-0.3, -0.25) is 4.79 Å². The van der Waals surface area contributed by atoms with Crippen molar-refractivity contribution in [3.05, 3.63) is 58.9 Å². The van der Waals surface area contributed by atoms with Crippen LogP contribution in [-0.4, -0.2) is 30.8 Å². The molecule has 0 aromatic heterocycles. The lowest BCUT2D eigenvalue weighted by molar-refractivity contribution is -0.131. The zero-order valence-electron chi connectivity index (χ0n) is 15.5. The van der Waals surface area contributed by atoms with Gasteiger partial charge in [-0.05, 0) is 48.2 Å². The summed E-state index contributed by atoms with van der Waals surface area (Å²) in [4.78, 5) is 12.3. The number of benzene rings is 2. The Morgan fingerprint density at radius 2 is 2.00 bits per heavy atom. The molecule has 2 atom stereocenters. The van der Waals surface area contributed by atoms with Crippen LogP contribution in [0.5, 0.6) is 11.5 Å². The monoisotopic (exact) mass is 368 g/mol. The summed E-state index contributed by atoms with van der Waals surface area (Å²) in [6.45, 7) is 1.49. The van der Waals surface area contributed by atoms with Crippen LogP contribution in [0.2, 0.25) is 0 Å². The van der Waals surface area contributed by atoms with Gasteiger partial charge in [-0.15, -0.1) is 0 Å². The lowest BCUT2D eigenvalue weighted by Crippen LogP contribution is -2.31. The Morgan fingerprint density at radius 1 is 1.19 bits per heavy atom. The van der Waals surface area contributed by atoms with Crippen LogP contribution in [0.15, 0.2) is 41.5 Å². The van der Waals surface area contributed by atoms with Gasteiger partial charge in [-0.25, -0.2) is 9.40 Å². The molecule has 0 unspecified atom stereocenters. The molecule has 0 radical (unpaired) electrons. The molecule has 5 nitrogen and oxygen atoms in total. The third-order valence-corrected chi connectivity index (χ3v) is 5.37. The first kappa shape index (κ1) is 17.5. The number of carbonyl (C=O) groups is 1.